The summed E-state index contributed by atoms with van der Waals surface area (Å²) in [6.07, 6.45) is 3.66. The van der Waals surface area contributed by atoms with Crippen molar-refractivity contribution < 1.29 is 0 Å². The third-order valence-electron chi connectivity index (χ3n) is 4.64. The van der Waals surface area contributed by atoms with Gasteiger partial charge in [-0.3, -0.25) is 0 Å². The van der Waals surface area contributed by atoms with Crippen molar-refractivity contribution in [1.82, 2.24) is 15.0 Å². The maximum Gasteiger partial charge on any atom is 0.185 e. The molecule has 7 heteroatoms. The van der Waals surface area contributed by atoms with Gasteiger partial charge in [-0.05, 0) is 17.0 Å². The van der Waals surface area contributed by atoms with E-state index < -0.39 is 0 Å². The normalized spacial score (nSPS) is 14.9. The highest BCUT2D eigenvalue weighted by molar-refractivity contribution is 7.19. The summed E-state index contributed by atoms with van der Waals surface area (Å²) in [4.78, 5) is 20.6. The SMILES string of the molecule is c1ccc(-c2cnc(N3CCN(c4ncnc5sccc45)CC3)s2)cc1. The number of nitrogens with zero attached hydrogens (tertiary/aromatic N) is 5. The molecule has 0 N–H and O–H groups in total. The van der Waals surface area contributed by atoms with Crippen molar-refractivity contribution in [3.8, 4) is 10.4 Å². The molecule has 0 amide bonds. The molecule has 0 aliphatic carbocycles. The Morgan fingerprint density at radius 3 is 2.50 bits per heavy atom. The van der Waals surface area contributed by atoms with Crippen molar-refractivity contribution in [2.75, 3.05) is 36.0 Å². The van der Waals surface area contributed by atoms with Crippen LogP contribution in [0.2, 0.25) is 0 Å². The van der Waals surface area contributed by atoms with E-state index in [1.54, 1.807) is 29.0 Å². The van der Waals surface area contributed by atoms with Crippen LogP contribution in [-0.2, 0) is 0 Å². The van der Waals surface area contributed by atoms with E-state index in [1.165, 1.54) is 10.4 Å². The largest absolute Gasteiger partial charge is 0.352 e. The fourth-order valence-electron chi connectivity index (χ4n) is 3.29. The van der Waals surface area contributed by atoms with Crippen molar-refractivity contribution in [2.24, 2.45) is 0 Å². The summed E-state index contributed by atoms with van der Waals surface area (Å²) in [5, 5.41) is 4.35. The lowest BCUT2D eigenvalue weighted by Gasteiger charge is -2.35. The van der Waals surface area contributed by atoms with Gasteiger partial charge in [-0.15, -0.1) is 11.3 Å². The fourth-order valence-corrected chi connectivity index (χ4v) is 4.99. The fraction of sp³-hybridized carbons (Fsp3) is 0.211. The Bertz CT molecular complexity index is 1020. The molecule has 1 fully saturated rings. The Morgan fingerprint density at radius 1 is 0.846 bits per heavy atom. The smallest absolute Gasteiger partial charge is 0.185 e. The molecule has 4 heterocycles. The van der Waals surface area contributed by atoms with Crippen molar-refractivity contribution in [2.45, 2.75) is 0 Å². The molecule has 0 radical (unpaired) electrons. The van der Waals surface area contributed by atoms with Crippen molar-refractivity contribution in [1.29, 1.82) is 0 Å². The summed E-state index contributed by atoms with van der Waals surface area (Å²) >= 11 is 3.43. The minimum absolute atomic E-state index is 0.947. The molecule has 130 valence electrons. The predicted octanol–water partition coefficient (Wildman–Crippen LogP) is 4.14. The number of hydrogen-bond acceptors (Lipinski definition) is 7. The second-order valence-electron chi connectivity index (χ2n) is 6.18. The van der Waals surface area contributed by atoms with E-state index in [0.29, 0.717) is 0 Å². The van der Waals surface area contributed by atoms with Crippen LogP contribution in [0.3, 0.4) is 0 Å². The van der Waals surface area contributed by atoms with Gasteiger partial charge in [0.2, 0.25) is 0 Å². The lowest BCUT2D eigenvalue weighted by molar-refractivity contribution is 0.647. The first-order valence-electron chi connectivity index (χ1n) is 8.58. The van der Waals surface area contributed by atoms with Crippen LogP contribution in [0, 0.1) is 0 Å². The van der Waals surface area contributed by atoms with Gasteiger partial charge in [-0.2, -0.15) is 0 Å². The van der Waals surface area contributed by atoms with Crippen molar-refractivity contribution in [3.05, 3.63) is 54.3 Å². The van der Waals surface area contributed by atoms with E-state index in [-0.39, 0.29) is 0 Å². The van der Waals surface area contributed by atoms with Gasteiger partial charge < -0.3 is 9.80 Å². The zero-order valence-corrected chi connectivity index (χ0v) is 15.7. The number of piperazine rings is 1. The molecule has 0 spiro atoms. The summed E-state index contributed by atoms with van der Waals surface area (Å²) in [6, 6.07) is 12.6. The topological polar surface area (TPSA) is 45.2 Å². The van der Waals surface area contributed by atoms with Gasteiger partial charge in [0.15, 0.2) is 5.13 Å². The van der Waals surface area contributed by atoms with E-state index in [0.717, 1.165) is 47.3 Å². The van der Waals surface area contributed by atoms with Gasteiger partial charge in [-0.1, -0.05) is 41.7 Å². The van der Waals surface area contributed by atoms with Crippen LogP contribution >= 0.6 is 22.7 Å². The molecule has 0 atom stereocenters. The Labute approximate surface area is 159 Å². The van der Waals surface area contributed by atoms with Crippen LogP contribution in [0.5, 0.6) is 0 Å². The first-order valence-corrected chi connectivity index (χ1v) is 10.3. The molecule has 5 rings (SSSR count). The van der Waals surface area contributed by atoms with Crippen LogP contribution in [0.15, 0.2) is 54.3 Å². The number of hydrogen-bond donors (Lipinski definition) is 0. The quantitative estimate of drug-likeness (QED) is 0.535. The van der Waals surface area contributed by atoms with Crippen LogP contribution in [0.4, 0.5) is 10.9 Å². The summed E-state index contributed by atoms with van der Waals surface area (Å²) in [6.45, 7) is 3.80. The molecule has 1 aromatic carbocycles. The average Bonchev–Trinajstić information content (AvgIpc) is 3.38. The molecular formula is C19H17N5S2. The average molecular weight is 380 g/mol. The molecule has 26 heavy (non-hydrogen) atoms. The maximum atomic E-state index is 4.66. The van der Waals surface area contributed by atoms with Gasteiger partial charge >= 0.3 is 0 Å². The minimum atomic E-state index is 0.947. The number of benzene rings is 1. The Kier molecular flexibility index (Phi) is 4.03. The van der Waals surface area contributed by atoms with Crippen LogP contribution in [0.1, 0.15) is 0 Å². The molecule has 0 saturated carbocycles. The number of rotatable bonds is 3. The lowest BCUT2D eigenvalue weighted by Crippen LogP contribution is -2.46. The monoisotopic (exact) mass is 379 g/mol. The predicted molar refractivity (Wildman–Crippen MR) is 109 cm³/mol. The summed E-state index contributed by atoms with van der Waals surface area (Å²) < 4.78 is 0. The van der Waals surface area contributed by atoms with E-state index in [9.17, 15) is 0 Å². The number of aromatic nitrogens is 3. The second kappa shape index (κ2) is 6.66. The van der Waals surface area contributed by atoms with Gasteiger partial charge in [0.05, 0.1) is 10.3 Å². The zero-order chi connectivity index (χ0) is 17.3. The molecule has 0 bridgehead atoms. The van der Waals surface area contributed by atoms with E-state index >= 15 is 0 Å². The van der Waals surface area contributed by atoms with Gasteiger partial charge in [0, 0.05) is 32.4 Å². The van der Waals surface area contributed by atoms with E-state index in [2.05, 4.69) is 60.5 Å². The number of fused-ring (bicyclic) bond motifs is 1. The lowest BCUT2D eigenvalue weighted by atomic mass is 10.2. The highest BCUT2D eigenvalue weighted by atomic mass is 32.1. The van der Waals surface area contributed by atoms with E-state index in [4.69, 9.17) is 0 Å². The van der Waals surface area contributed by atoms with Gasteiger partial charge in [-0.25, -0.2) is 15.0 Å². The third-order valence-corrected chi connectivity index (χ3v) is 6.57. The van der Waals surface area contributed by atoms with Crippen molar-refractivity contribution >= 4 is 43.8 Å². The molecule has 1 saturated heterocycles. The Balaban J connectivity index is 1.32. The number of thiophene rings is 1. The Hall–Kier alpha value is -2.51. The number of anilines is 2. The first kappa shape index (κ1) is 15.7. The zero-order valence-electron chi connectivity index (χ0n) is 14.1. The molecule has 3 aromatic heterocycles. The van der Waals surface area contributed by atoms with Crippen molar-refractivity contribution in [3.63, 3.8) is 0 Å². The van der Waals surface area contributed by atoms with Gasteiger partial charge in [0.1, 0.15) is 17.0 Å². The van der Waals surface area contributed by atoms with Crippen LogP contribution < -0.4 is 9.80 Å². The van der Waals surface area contributed by atoms with E-state index in [1.807, 2.05) is 12.3 Å². The molecule has 4 aromatic rings. The summed E-state index contributed by atoms with van der Waals surface area (Å²) in [7, 11) is 0. The summed E-state index contributed by atoms with van der Waals surface area (Å²) in [5.41, 5.74) is 1.23. The summed E-state index contributed by atoms with van der Waals surface area (Å²) in [5.74, 6) is 1.06. The molecule has 5 nitrogen and oxygen atoms in total. The second-order valence-corrected chi connectivity index (χ2v) is 8.09. The van der Waals surface area contributed by atoms with Crippen LogP contribution in [0.25, 0.3) is 20.7 Å². The third kappa shape index (κ3) is 2.83. The molecular weight excluding hydrogens is 362 g/mol. The van der Waals surface area contributed by atoms with Gasteiger partial charge in [0.25, 0.3) is 0 Å². The standard InChI is InChI=1S/C19H17N5S2/c1-2-4-14(5-3-1)16-12-20-19(26-16)24-9-7-23(8-10-24)17-15-6-11-25-18(15)22-13-21-17/h1-6,11-13H,7-10H2. The number of thiazole rings is 1. The maximum absolute atomic E-state index is 4.66. The minimum Gasteiger partial charge on any atom is -0.352 e. The Morgan fingerprint density at radius 2 is 1.65 bits per heavy atom. The molecule has 1 aliphatic heterocycles. The highest BCUT2D eigenvalue weighted by Crippen LogP contribution is 2.32. The highest BCUT2D eigenvalue weighted by Gasteiger charge is 2.22. The first-order chi connectivity index (χ1) is 12.9. The van der Waals surface area contributed by atoms with Crippen LogP contribution in [-0.4, -0.2) is 41.1 Å². The molecule has 0 unspecified atom stereocenters. The molecule has 1 aliphatic rings.